The number of guanidine groups is 1. The normalized spacial score (nSPS) is 16.6. The number of nitrogens with one attached hydrogen (secondary N) is 2. The Morgan fingerprint density at radius 1 is 1.24 bits per heavy atom. The Hall–Kier alpha value is -1.10. The maximum Gasteiger partial charge on any atom is 0.191 e. The molecule has 1 atom stereocenters. The molecular formula is C21H37IN4O3. The van der Waals surface area contributed by atoms with Crippen molar-refractivity contribution in [3.63, 3.8) is 0 Å². The minimum absolute atomic E-state index is 0. The first-order chi connectivity index (χ1) is 13.7. The fourth-order valence-corrected chi connectivity index (χ4v) is 2.79. The Labute approximate surface area is 192 Å². The number of benzene rings is 1. The van der Waals surface area contributed by atoms with Crippen molar-refractivity contribution in [2.24, 2.45) is 4.99 Å². The number of para-hydroxylation sites is 1. The zero-order valence-electron chi connectivity index (χ0n) is 18.0. The summed E-state index contributed by atoms with van der Waals surface area (Å²) in [5.41, 5.74) is 1.09. The number of ether oxygens (including phenoxy) is 3. The van der Waals surface area contributed by atoms with Gasteiger partial charge in [-0.05, 0) is 39.9 Å². The minimum atomic E-state index is 0. The number of nitrogens with zero attached hydrogens (tertiary/aromatic N) is 2. The predicted octanol–water partition coefficient (Wildman–Crippen LogP) is 2.50. The second kappa shape index (κ2) is 15.7. The van der Waals surface area contributed by atoms with Crippen molar-refractivity contribution >= 4 is 29.9 Å². The summed E-state index contributed by atoms with van der Waals surface area (Å²) in [4.78, 5) is 6.81. The van der Waals surface area contributed by atoms with Crippen LogP contribution < -0.4 is 15.4 Å². The third-order valence-electron chi connectivity index (χ3n) is 4.38. The van der Waals surface area contributed by atoms with Crippen LogP contribution in [-0.2, 0) is 16.0 Å². The molecule has 0 amide bonds. The van der Waals surface area contributed by atoms with Crippen molar-refractivity contribution in [1.29, 1.82) is 0 Å². The Kier molecular flexibility index (Phi) is 14.0. The lowest BCUT2D eigenvalue weighted by molar-refractivity contribution is 0.0420. The molecule has 1 unspecified atom stereocenters. The molecule has 8 heteroatoms. The Balaban J connectivity index is 0.00000420. The van der Waals surface area contributed by atoms with E-state index in [1.54, 1.807) is 0 Å². The fraction of sp³-hybridized carbons (Fsp3) is 0.667. The average Bonchev–Trinajstić information content (AvgIpc) is 3.20. The molecule has 7 nitrogen and oxygen atoms in total. The molecule has 1 aromatic carbocycles. The van der Waals surface area contributed by atoms with Gasteiger partial charge in [0.2, 0.25) is 0 Å². The third-order valence-corrected chi connectivity index (χ3v) is 4.38. The number of likely N-dealkylation sites (N-methyl/N-ethyl adjacent to an activating group) is 1. The van der Waals surface area contributed by atoms with Gasteiger partial charge in [-0.3, -0.25) is 0 Å². The van der Waals surface area contributed by atoms with E-state index in [4.69, 9.17) is 19.2 Å². The molecule has 0 bridgehead atoms. The lowest BCUT2D eigenvalue weighted by atomic mass is 10.2. The summed E-state index contributed by atoms with van der Waals surface area (Å²) < 4.78 is 17.0. The van der Waals surface area contributed by atoms with Crippen molar-refractivity contribution in [3.8, 4) is 5.75 Å². The van der Waals surface area contributed by atoms with Crippen LogP contribution in [0.25, 0.3) is 0 Å². The molecule has 0 radical (unpaired) electrons. The van der Waals surface area contributed by atoms with Gasteiger partial charge in [-0.15, -0.1) is 24.0 Å². The molecule has 1 aromatic rings. The number of rotatable bonds is 12. The van der Waals surface area contributed by atoms with E-state index in [9.17, 15) is 0 Å². The molecular weight excluding hydrogens is 483 g/mol. The molecule has 2 N–H and O–H groups in total. The molecule has 0 aromatic heterocycles. The van der Waals surface area contributed by atoms with E-state index in [0.29, 0.717) is 13.2 Å². The fourth-order valence-electron chi connectivity index (χ4n) is 2.79. The zero-order valence-corrected chi connectivity index (χ0v) is 20.3. The van der Waals surface area contributed by atoms with E-state index in [0.717, 1.165) is 69.6 Å². The van der Waals surface area contributed by atoms with Gasteiger partial charge < -0.3 is 29.7 Å². The van der Waals surface area contributed by atoms with Gasteiger partial charge in [-0.25, -0.2) is 4.99 Å². The lowest BCUT2D eigenvalue weighted by Gasteiger charge is -2.15. The summed E-state index contributed by atoms with van der Waals surface area (Å²) in [6.07, 6.45) is 2.21. The van der Waals surface area contributed by atoms with E-state index in [1.165, 1.54) is 0 Å². The summed E-state index contributed by atoms with van der Waals surface area (Å²) in [6.45, 7) is 8.12. The summed E-state index contributed by atoms with van der Waals surface area (Å²) in [5.74, 6) is 1.71. The second-order valence-corrected chi connectivity index (χ2v) is 7.09. The quantitative estimate of drug-likeness (QED) is 0.191. The lowest BCUT2D eigenvalue weighted by Crippen LogP contribution is -2.38. The molecule has 1 aliphatic heterocycles. The van der Waals surface area contributed by atoms with Crippen LogP contribution in [-0.4, -0.2) is 77.1 Å². The average molecular weight is 520 g/mol. The first kappa shape index (κ1) is 25.9. The predicted molar refractivity (Wildman–Crippen MR) is 129 cm³/mol. The van der Waals surface area contributed by atoms with E-state index >= 15 is 0 Å². The Morgan fingerprint density at radius 3 is 2.79 bits per heavy atom. The van der Waals surface area contributed by atoms with Gasteiger partial charge in [0.15, 0.2) is 5.96 Å². The van der Waals surface area contributed by atoms with Crippen LogP contribution in [0.15, 0.2) is 29.3 Å². The largest absolute Gasteiger partial charge is 0.492 e. The van der Waals surface area contributed by atoms with Crippen LogP contribution >= 0.6 is 24.0 Å². The highest BCUT2D eigenvalue weighted by atomic mass is 127. The van der Waals surface area contributed by atoms with Gasteiger partial charge in [0.1, 0.15) is 12.4 Å². The monoisotopic (exact) mass is 520 g/mol. The highest BCUT2D eigenvalue weighted by Gasteiger charge is 2.15. The first-order valence-electron chi connectivity index (χ1n) is 10.3. The molecule has 1 fully saturated rings. The number of hydrogen-bond acceptors (Lipinski definition) is 5. The minimum Gasteiger partial charge on any atom is -0.492 e. The van der Waals surface area contributed by atoms with E-state index in [2.05, 4.69) is 28.5 Å². The smallest absolute Gasteiger partial charge is 0.191 e. The SMILES string of the molecule is CCNC(=NCc1ccccc1OCCN(C)C)NCCCOC1CCOC1.I. The molecule has 0 saturated carbocycles. The zero-order chi connectivity index (χ0) is 20.0. The topological polar surface area (TPSA) is 67.4 Å². The molecule has 1 saturated heterocycles. The van der Waals surface area contributed by atoms with E-state index < -0.39 is 0 Å². The van der Waals surface area contributed by atoms with Crippen molar-refractivity contribution in [2.45, 2.75) is 32.4 Å². The third kappa shape index (κ3) is 11.0. The summed E-state index contributed by atoms with van der Waals surface area (Å²) in [6, 6.07) is 8.09. The van der Waals surface area contributed by atoms with E-state index in [1.807, 2.05) is 32.3 Å². The van der Waals surface area contributed by atoms with Crippen LogP contribution in [0.4, 0.5) is 0 Å². The molecule has 1 aliphatic rings. The number of hydrogen-bond donors (Lipinski definition) is 2. The summed E-state index contributed by atoms with van der Waals surface area (Å²) in [7, 11) is 4.08. The molecule has 0 aliphatic carbocycles. The Morgan fingerprint density at radius 2 is 2.07 bits per heavy atom. The van der Waals surface area contributed by atoms with Gasteiger partial charge in [0, 0.05) is 38.4 Å². The van der Waals surface area contributed by atoms with E-state index in [-0.39, 0.29) is 30.1 Å². The standard InChI is InChI=1S/C21H36N4O3.HI/c1-4-22-21(23-11-7-13-27-19-10-14-26-17-19)24-16-18-8-5-6-9-20(18)28-15-12-25(2)3;/h5-6,8-9,19H,4,7,10-17H2,1-3H3,(H2,22,23,24);1H. The van der Waals surface area contributed by atoms with Crippen molar-refractivity contribution in [1.82, 2.24) is 15.5 Å². The molecule has 2 rings (SSSR count). The first-order valence-corrected chi connectivity index (χ1v) is 10.3. The van der Waals surface area contributed by atoms with Crippen LogP contribution in [0, 0.1) is 0 Å². The van der Waals surface area contributed by atoms with Crippen molar-refractivity contribution in [3.05, 3.63) is 29.8 Å². The maximum atomic E-state index is 5.92. The number of aliphatic imine (C=N–C) groups is 1. The number of halogens is 1. The van der Waals surface area contributed by atoms with Gasteiger partial charge in [-0.2, -0.15) is 0 Å². The van der Waals surface area contributed by atoms with Crippen LogP contribution in [0.2, 0.25) is 0 Å². The van der Waals surface area contributed by atoms with Gasteiger partial charge >= 0.3 is 0 Å². The van der Waals surface area contributed by atoms with Gasteiger partial charge in [0.25, 0.3) is 0 Å². The molecule has 29 heavy (non-hydrogen) atoms. The second-order valence-electron chi connectivity index (χ2n) is 7.09. The maximum absolute atomic E-state index is 5.92. The highest BCUT2D eigenvalue weighted by Crippen LogP contribution is 2.18. The summed E-state index contributed by atoms with van der Waals surface area (Å²) in [5, 5.41) is 6.67. The van der Waals surface area contributed by atoms with Crippen LogP contribution in [0.3, 0.4) is 0 Å². The molecule has 166 valence electrons. The molecule has 0 spiro atoms. The van der Waals surface area contributed by atoms with Gasteiger partial charge in [-0.1, -0.05) is 18.2 Å². The highest BCUT2D eigenvalue weighted by molar-refractivity contribution is 14.0. The van der Waals surface area contributed by atoms with Crippen molar-refractivity contribution in [2.75, 3.05) is 60.2 Å². The van der Waals surface area contributed by atoms with Gasteiger partial charge in [0.05, 0.1) is 19.3 Å². The van der Waals surface area contributed by atoms with Crippen LogP contribution in [0.1, 0.15) is 25.3 Å². The van der Waals surface area contributed by atoms with Crippen LogP contribution in [0.5, 0.6) is 5.75 Å². The summed E-state index contributed by atoms with van der Waals surface area (Å²) >= 11 is 0. The molecule has 1 heterocycles. The van der Waals surface area contributed by atoms with Crippen molar-refractivity contribution < 1.29 is 14.2 Å². The Bertz CT molecular complexity index is 581.